The Balaban J connectivity index is 1.95. The quantitative estimate of drug-likeness (QED) is 0.410. The molecule has 0 heterocycles. The number of hydrogen-bond acceptors (Lipinski definition) is 6. The average Bonchev–Trinajstić information content (AvgIpc) is 2.68. The van der Waals surface area contributed by atoms with Gasteiger partial charge in [0.25, 0.3) is 17.3 Å². The minimum atomic E-state index is -0.761. The molecule has 2 aromatic carbocycles. The fourth-order valence-electron chi connectivity index (χ4n) is 2.62. The number of nitro groups is 2. The van der Waals surface area contributed by atoms with Gasteiger partial charge in [0, 0.05) is 37.5 Å². The van der Waals surface area contributed by atoms with E-state index >= 15 is 0 Å². The van der Waals surface area contributed by atoms with Crippen molar-refractivity contribution in [3.8, 4) is 0 Å². The summed E-state index contributed by atoms with van der Waals surface area (Å²) in [7, 11) is 0. The number of nitro benzene ring substituents is 2. The smallest absolute Gasteiger partial charge is 0.277 e. The Labute approximate surface area is 155 Å². The SMILES string of the molecule is CCN(CCCNC(=O)c1cc([N+](=O)[O-])cc([N+](=O)[O-])c1)c1ccccc1. The zero-order chi connectivity index (χ0) is 19.8. The summed E-state index contributed by atoms with van der Waals surface area (Å²) < 4.78 is 0. The molecular weight excluding hydrogens is 352 g/mol. The number of para-hydroxylation sites is 1. The van der Waals surface area contributed by atoms with Crippen molar-refractivity contribution in [3.05, 3.63) is 74.3 Å². The van der Waals surface area contributed by atoms with Gasteiger partial charge in [-0.25, -0.2) is 0 Å². The molecule has 2 aromatic rings. The van der Waals surface area contributed by atoms with Crippen LogP contribution in [0.2, 0.25) is 0 Å². The summed E-state index contributed by atoms with van der Waals surface area (Å²) in [6, 6.07) is 12.7. The maximum atomic E-state index is 12.2. The molecule has 0 aliphatic heterocycles. The summed E-state index contributed by atoms with van der Waals surface area (Å²) in [5, 5.41) is 24.5. The summed E-state index contributed by atoms with van der Waals surface area (Å²) in [6.07, 6.45) is 0.658. The van der Waals surface area contributed by atoms with Gasteiger partial charge in [-0.15, -0.1) is 0 Å². The highest BCUT2D eigenvalue weighted by Gasteiger charge is 2.19. The van der Waals surface area contributed by atoms with Crippen LogP contribution >= 0.6 is 0 Å². The van der Waals surface area contributed by atoms with Crippen LogP contribution in [0.25, 0.3) is 0 Å². The number of hydrogen-bond donors (Lipinski definition) is 1. The lowest BCUT2D eigenvalue weighted by Gasteiger charge is -2.23. The van der Waals surface area contributed by atoms with Gasteiger partial charge in [-0.1, -0.05) is 18.2 Å². The molecule has 0 aliphatic carbocycles. The van der Waals surface area contributed by atoms with E-state index in [4.69, 9.17) is 0 Å². The van der Waals surface area contributed by atoms with E-state index in [1.165, 1.54) is 0 Å². The highest BCUT2D eigenvalue weighted by atomic mass is 16.6. The summed E-state index contributed by atoms with van der Waals surface area (Å²) in [5.41, 5.74) is -0.00175. The number of non-ortho nitro benzene ring substituents is 2. The highest BCUT2D eigenvalue weighted by molar-refractivity contribution is 5.95. The van der Waals surface area contributed by atoms with E-state index in [2.05, 4.69) is 10.2 Å². The van der Waals surface area contributed by atoms with Gasteiger partial charge in [0.15, 0.2) is 0 Å². The molecule has 0 bridgehead atoms. The van der Waals surface area contributed by atoms with Crippen molar-refractivity contribution >= 4 is 23.0 Å². The van der Waals surface area contributed by atoms with Crippen molar-refractivity contribution in [3.63, 3.8) is 0 Å². The van der Waals surface area contributed by atoms with Crippen molar-refractivity contribution in [2.45, 2.75) is 13.3 Å². The Morgan fingerprint density at radius 2 is 1.63 bits per heavy atom. The fourth-order valence-corrected chi connectivity index (χ4v) is 2.62. The van der Waals surface area contributed by atoms with Gasteiger partial charge in [-0.05, 0) is 25.5 Å². The lowest BCUT2D eigenvalue weighted by Crippen LogP contribution is -2.30. The number of benzene rings is 2. The van der Waals surface area contributed by atoms with Crippen molar-refractivity contribution in [1.82, 2.24) is 5.32 Å². The first-order valence-corrected chi connectivity index (χ1v) is 8.44. The van der Waals surface area contributed by atoms with Crippen LogP contribution in [0.3, 0.4) is 0 Å². The Bertz CT molecular complexity index is 794. The molecule has 1 N–H and O–H groups in total. The van der Waals surface area contributed by atoms with E-state index in [-0.39, 0.29) is 5.56 Å². The van der Waals surface area contributed by atoms with Gasteiger partial charge in [0.1, 0.15) is 0 Å². The number of carbonyl (C=O) groups is 1. The molecule has 0 unspecified atom stereocenters. The molecule has 9 nitrogen and oxygen atoms in total. The Morgan fingerprint density at radius 1 is 1.04 bits per heavy atom. The third-order valence-electron chi connectivity index (χ3n) is 3.98. The largest absolute Gasteiger partial charge is 0.372 e. The topological polar surface area (TPSA) is 119 Å². The molecule has 0 fully saturated rings. The van der Waals surface area contributed by atoms with Gasteiger partial charge >= 0.3 is 0 Å². The molecular formula is C18H20N4O5. The molecule has 1 amide bonds. The number of anilines is 1. The second kappa shape index (κ2) is 9.27. The van der Waals surface area contributed by atoms with E-state index in [9.17, 15) is 25.0 Å². The molecule has 2 rings (SSSR count). The number of rotatable bonds is 9. The molecule has 142 valence electrons. The van der Waals surface area contributed by atoms with Crippen LogP contribution < -0.4 is 10.2 Å². The second-order valence-corrected chi connectivity index (χ2v) is 5.78. The highest BCUT2D eigenvalue weighted by Crippen LogP contribution is 2.22. The van der Waals surface area contributed by atoms with Crippen LogP contribution in [0.1, 0.15) is 23.7 Å². The van der Waals surface area contributed by atoms with E-state index in [0.717, 1.165) is 37.0 Å². The first-order valence-electron chi connectivity index (χ1n) is 8.44. The monoisotopic (exact) mass is 372 g/mol. The molecule has 0 saturated carbocycles. The summed E-state index contributed by atoms with van der Waals surface area (Å²) in [6.45, 7) is 3.91. The van der Waals surface area contributed by atoms with Crippen molar-refractivity contribution in [2.24, 2.45) is 0 Å². The first-order chi connectivity index (χ1) is 12.9. The molecule has 0 aromatic heterocycles. The number of nitrogens with one attached hydrogen (secondary N) is 1. The molecule has 9 heteroatoms. The predicted molar refractivity (Wildman–Crippen MR) is 101 cm³/mol. The minimum Gasteiger partial charge on any atom is -0.372 e. The molecule has 0 aliphatic rings. The van der Waals surface area contributed by atoms with E-state index in [1.54, 1.807) is 0 Å². The maximum Gasteiger partial charge on any atom is 0.277 e. The Hall–Kier alpha value is -3.49. The van der Waals surface area contributed by atoms with Crippen LogP contribution in [0.4, 0.5) is 17.1 Å². The number of amides is 1. The third-order valence-corrected chi connectivity index (χ3v) is 3.98. The zero-order valence-corrected chi connectivity index (χ0v) is 14.8. The van der Waals surface area contributed by atoms with Gasteiger partial charge in [0.05, 0.1) is 21.5 Å². The van der Waals surface area contributed by atoms with Gasteiger partial charge in [0.2, 0.25) is 0 Å². The Kier molecular flexibility index (Phi) is 6.81. The summed E-state index contributed by atoms with van der Waals surface area (Å²) >= 11 is 0. The minimum absolute atomic E-state index is 0.105. The molecule has 0 saturated heterocycles. The van der Waals surface area contributed by atoms with Crippen LogP contribution in [0.15, 0.2) is 48.5 Å². The summed E-state index contributed by atoms with van der Waals surface area (Å²) in [4.78, 5) is 34.6. The van der Waals surface area contributed by atoms with Crippen LogP contribution in [0.5, 0.6) is 0 Å². The lowest BCUT2D eigenvalue weighted by atomic mass is 10.1. The van der Waals surface area contributed by atoms with Crippen molar-refractivity contribution in [2.75, 3.05) is 24.5 Å². The molecule has 0 atom stereocenters. The predicted octanol–water partition coefficient (Wildman–Crippen LogP) is 3.15. The van der Waals surface area contributed by atoms with Crippen molar-refractivity contribution < 1.29 is 14.6 Å². The molecule has 0 spiro atoms. The van der Waals surface area contributed by atoms with Gasteiger partial charge in [-0.3, -0.25) is 25.0 Å². The van der Waals surface area contributed by atoms with E-state index in [1.807, 2.05) is 37.3 Å². The lowest BCUT2D eigenvalue weighted by molar-refractivity contribution is -0.394. The fraction of sp³-hybridized carbons (Fsp3) is 0.278. The molecule has 0 radical (unpaired) electrons. The summed E-state index contributed by atoms with van der Waals surface area (Å²) in [5.74, 6) is -0.579. The number of carbonyl (C=O) groups excluding carboxylic acids is 1. The first kappa shape index (κ1) is 19.8. The van der Waals surface area contributed by atoms with Gasteiger partial charge < -0.3 is 10.2 Å². The Morgan fingerprint density at radius 3 is 2.15 bits per heavy atom. The standard InChI is InChI=1S/C18H20N4O5/c1-2-20(15-7-4-3-5-8-15)10-6-9-19-18(23)14-11-16(21(24)25)13-17(12-14)22(26)27/h3-5,7-8,11-13H,2,6,9-10H2,1H3,(H,19,23). The average molecular weight is 372 g/mol. The van der Waals surface area contributed by atoms with Gasteiger partial charge in [-0.2, -0.15) is 0 Å². The second-order valence-electron chi connectivity index (χ2n) is 5.78. The number of nitrogens with zero attached hydrogens (tertiary/aromatic N) is 3. The third kappa shape index (κ3) is 5.50. The zero-order valence-electron chi connectivity index (χ0n) is 14.8. The molecule has 27 heavy (non-hydrogen) atoms. The maximum absolute atomic E-state index is 12.2. The van der Waals surface area contributed by atoms with E-state index < -0.39 is 27.1 Å². The van der Waals surface area contributed by atoms with Crippen molar-refractivity contribution in [1.29, 1.82) is 0 Å². The van der Waals surface area contributed by atoms with Crippen LogP contribution in [0, 0.1) is 20.2 Å². The normalized spacial score (nSPS) is 10.3. The van der Waals surface area contributed by atoms with Crippen LogP contribution in [-0.4, -0.2) is 35.4 Å². The van der Waals surface area contributed by atoms with Crippen LogP contribution in [-0.2, 0) is 0 Å². The van der Waals surface area contributed by atoms with E-state index in [0.29, 0.717) is 13.0 Å².